The molecule has 0 aliphatic heterocycles. The number of pyridine rings is 1. The molecule has 0 amide bonds. The van der Waals surface area contributed by atoms with Crippen LogP contribution >= 0.6 is 0 Å². The van der Waals surface area contributed by atoms with Crippen LogP contribution in [0.5, 0.6) is 5.75 Å². The van der Waals surface area contributed by atoms with Crippen molar-refractivity contribution in [2.45, 2.75) is 0 Å². The average molecular weight is 150 g/mol. The highest BCUT2D eigenvalue weighted by molar-refractivity contribution is 5.60. The lowest BCUT2D eigenvalue weighted by Crippen LogP contribution is -1.94. The number of rotatable bonds is 2. The number of nitrogens with two attached hydrogens (primary N) is 1. The van der Waals surface area contributed by atoms with E-state index in [1.54, 1.807) is 25.4 Å². The minimum atomic E-state index is 0.473. The highest BCUT2D eigenvalue weighted by atomic mass is 16.5. The molecule has 3 nitrogen and oxygen atoms in total. The molecular weight excluding hydrogens is 140 g/mol. The lowest BCUT2D eigenvalue weighted by atomic mass is 10.2. The van der Waals surface area contributed by atoms with Gasteiger partial charge in [0.2, 0.25) is 0 Å². The van der Waals surface area contributed by atoms with Gasteiger partial charge in [0.15, 0.2) is 0 Å². The van der Waals surface area contributed by atoms with E-state index in [2.05, 4.69) is 11.6 Å². The Balaban J connectivity index is 3.12. The minimum absolute atomic E-state index is 0.473. The number of methoxy groups -OCH3 is 1. The van der Waals surface area contributed by atoms with Crippen LogP contribution in [-0.4, -0.2) is 12.1 Å². The van der Waals surface area contributed by atoms with Gasteiger partial charge in [0.05, 0.1) is 13.3 Å². The summed E-state index contributed by atoms with van der Waals surface area (Å²) >= 11 is 0. The number of anilines is 1. The van der Waals surface area contributed by atoms with E-state index in [9.17, 15) is 0 Å². The number of nitrogen functional groups attached to an aromatic ring is 1. The molecular formula is C8H10N2O. The molecule has 1 aromatic heterocycles. The number of hydrogen-bond acceptors (Lipinski definition) is 3. The summed E-state index contributed by atoms with van der Waals surface area (Å²) in [5.41, 5.74) is 6.31. The number of aromatic nitrogens is 1. The maximum Gasteiger partial charge on any atom is 0.137 e. The Bertz CT molecular complexity index is 271. The van der Waals surface area contributed by atoms with Crippen LogP contribution in [0, 0.1) is 0 Å². The molecule has 58 valence electrons. The summed E-state index contributed by atoms with van der Waals surface area (Å²) < 4.78 is 4.95. The molecule has 0 bridgehead atoms. The van der Waals surface area contributed by atoms with Gasteiger partial charge < -0.3 is 10.5 Å². The van der Waals surface area contributed by atoms with Gasteiger partial charge >= 0.3 is 0 Å². The minimum Gasteiger partial charge on any atom is -0.495 e. The van der Waals surface area contributed by atoms with Crippen LogP contribution in [0.15, 0.2) is 18.8 Å². The van der Waals surface area contributed by atoms with Gasteiger partial charge in [-0.05, 0) is 6.07 Å². The number of nitrogens with zero attached hydrogens (tertiary/aromatic N) is 1. The fourth-order valence-electron chi connectivity index (χ4n) is 0.747. The Labute approximate surface area is 65.5 Å². The molecule has 0 unspecified atom stereocenters. The highest BCUT2D eigenvalue weighted by Crippen LogP contribution is 2.16. The Hall–Kier alpha value is -1.51. The van der Waals surface area contributed by atoms with Gasteiger partial charge in [-0.3, -0.25) is 0 Å². The summed E-state index contributed by atoms with van der Waals surface area (Å²) in [6.07, 6.45) is 3.22. The first-order valence-corrected chi connectivity index (χ1v) is 3.20. The molecule has 0 saturated heterocycles. The van der Waals surface area contributed by atoms with Crippen LogP contribution in [-0.2, 0) is 0 Å². The van der Waals surface area contributed by atoms with E-state index < -0.39 is 0 Å². The Morgan fingerprint density at radius 1 is 1.73 bits per heavy atom. The van der Waals surface area contributed by atoms with E-state index in [1.165, 1.54) is 0 Å². The molecule has 0 spiro atoms. The molecule has 1 heterocycles. The molecule has 0 radical (unpaired) electrons. The molecule has 0 aliphatic rings. The summed E-state index contributed by atoms with van der Waals surface area (Å²) in [4.78, 5) is 3.90. The van der Waals surface area contributed by atoms with E-state index in [4.69, 9.17) is 10.5 Å². The Morgan fingerprint density at radius 2 is 2.45 bits per heavy atom. The third kappa shape index (κ3) is 1.49. The van der Waals surface area contributed by atoms with Crippen LogP contribution in [0.3, 0.4) is 0 Å². The van der Waals surface area contributed by atoms with Crippen molar-refractivity contribution < 1.29 is 4.74 Å². The van der Waals surface area contributed by atoms with Gasteiger partial charge in [0.1, 0.15) is 11.6 Å². The van der Waals surface area contributed by atoms with Crippen molar-refractivity contribution in [2.24, 2.45) is 0 Å². The summed E-state index contributed by atoms with van der Waals surface area (Å²) in [5, 5.41) is 0. The molecule has 3 heteroatoms. The predicted molar refractivity (Wildman–Crippen MR) is 45.3 cm³/mol. The fourth-order valence-corrected chi connectivity index (χ4v) is 0.747. The fraction of sp³-hybridized carbons (Fsp3) is 0.125. The first kappa shape index (κ1) is 7.60. The van der Waals surface area contributed by atoms with Crippen molar-refractivity contribution in [3.8, 4) is 5.75 Å². The average Bonchev–Trinajstić information content (AvgIpc) is 2.05. The summed E-state index contributed by atoms with van der Waals surface area (Å²) in [7, 11) is 1.58. The van der Waals surface area contributed by atoms with Gasteiger partial charge in [0.25, 0.3) is 0 Å². The lowest BCUT2D eigenvalue weighted by molar-refractivity contribution is 0.413. The topological polar surface area (TPSA) is 48.1 Å². The third-order valence-electron chi connectivity index (χ3n) is 1.38. The zero-order valence-corrected chi connectivity index (χ0v) is 6.37. The summed E-state index contributed by atoms with van der Waals surface area (Å²) in [6.45, 7) is 3.59. The molecule has 11 heavy (non-hydrogen) atoms. The molecule has 1 aromatic rings. The first-order valence-electron chi connectivity index (χ1n) is 3.20. The van der Waals surface area contributed by atoms with E-state index in [-0.39, 0.29) is 0 Å². The maximum absolute atomic E-state index is 5.52. The summed E-state index contributed by atoms with van der Waals surface area (Å²) in [6, 6.07) is 1.79. The van der Waals surface area contributed by atoms with E-state index in [0.29, 0.717) is 11.6 Å². The standard InChI is InChI=1S/C8H10N2O/c1-3-6-4-7(11-2)5-10-8(6)9/h3-5H,1H2,2H3,(H2,9,10). The lowest BCUT2D eigenvalue weighted by Gasteiger charge is -2.01. The van der Waals surface area contributed by atoms with Crippen molar-refractivity contribution in [1.82, 2.24) is 4.98 Å². The zero-order valence-electron chi connectivity index (χ0n) is 6.37. The Kier molecular flexibility index (Phi) is 2.11. The molecule has 0 fully saturated rings. The zero-order chi connectivity index (χ0) is 8.27. The van der Waals surface area contributed by atoms with Crippen LogP contribution in [0.2, 0.25) is 0 Å². The van der Waals surface area contributed by atoms with Crippen molar-refractivity contribution in [3.05, 3.63) is 24.4 Å². The van der Waals surface area contributed by atoms with Gasteiger partial charge in [-0.15, -0.1) is 0 Å². The Morgan fingerprint density at radius 3 is 3.00 bits per heavy atom. The van der Waals surface area contributed by atoms with Crippen molar-refractivity contribution in [2.75, 3.05) is 12.8 Å². The molecule has 0 aliphatic carbocycles. The molecule has 1 rings (SSSR count). The maximum atomic E-state index is 5.52. The van der Waals surface area contributed by atoms with Gasteiger partial charge in [0, 0.05) is 5.56 Å². The molecule has 0 atom stereocenters. The second-order valence-corrected chi connectivity index (χ2v) is 2.05. The number of ether oxygens (including phenoxy) is 1. The highest BCUT2D eigenvalue weighted by Gasteiger charge is 1.97. The molecule has 2 N–H and O–H groups in total. The van der Waals surface area contributed by atoms with Gasteiger partial charge in [-0.1, -0.05) is 12.7 Å². The summed E-state index contributed by atoms with van der Waals surface area (Å²) in [5.74, 6) is 1.16. The number of hydrogen-bond donors (Lipinski definition) is 1. The SMILES string of the molecule is C=Cc1cc(OC)cnc1N. The van der Waals surface area contributed by atoms with E-state index in [1.807, 2.05) is 0 Å². The van der Waals surface area contributed by atoms with Crippen LogP contribution < -0.4 is 10.5 Å². The quantitative estimate of drug-likeness (QED) is 0.691. The molecule has 0 aromatic carbocycles. The van der Waals surface area contributed by atoms with Crippen LogP contribution in [0.1, 0.15) is 5.56 Å². The van der Waals surface area contributed by atoms with E-state index in [0.717, 1.165) is 5.56 Å². The predicted octanol–water partition coefficient (Wildman–Crippen LogP) is 1.32. The van der Waals surface area contributed by atoms with Crippen molar-refractivity contribution >= 4 is 11.9 Å². The van der Waals surface area contributed by atoms with Crippen molar-refractivity contribution in [3.63, 3.8) is 0 Å². The normalized spacial score (nSPS) is 9.18. The van der Waals surface area contributed by atoms with Gasteiger partial charge in [-0.25, -0.2) is 4.98 Å². The third-order valence-corrected chi connectivity index (χ3v) is 1.38. The van der Waals surface area contributed by atoms with Crippen LogP contribution in [0.4, 0.5) is 5.82 Å². The van der Waals surface area contributed by atoms with Crippen LogP contribution in [0.25, 0.3) is 6.08 Å². The second-order valence-electron chi connectivity index (χ2n) is 2.05. The monoisotopic (exact) mass is 150 g/mol. The first-order chi connectivity index (χ1) is 5.27. The van der Waals surface area contributed by atoms with Crippen molar-refractivity contribution in [1.29, 1.82) is 0 Å². The second kappa shape index (κ2) is 3.05. The van der Waals surface area contributed by atoms with Gasteiger partial charge in [-0.2, -0.15) is 0 Å². The van der Waals surface area contributed by atoms with E-state index >= 15 is 0 Å². The smallest absolute Gasteiger partial charge is 0.137 e. The molecule has 0 saturated carbocycles. The largest absolute Gasteiger partial charge is 0.495 e.